The van der Waals surface area contributed by atoms with Crippen LogP contribution in [0.3, 0.4) is 0 Å². The maximum absolute atomic E-state index is 12.8. The van der Waals surface area contributed by atoms with Gasteiger partial charge in [0.2, 0.25) is 0 Å². The number of thiophene rings is 1. The van der Waals surface area contributed by atoms with Gasteiger partial charge in [0.1, 0.15) is 4.83 Å². The fourth-order valence-electron chi connectivity index (χ4n) is 4.08. The normalized spacial score (nSPS) is 13.6. The molecule has 3 heterocycles. The topological polar surface area (TPSA) is 67.2 Å². The lowest BCUT2D eigenvalue weighted by Gasteiger charge is -2.15. The fourth-order valence-corrected chi connectivity index (χ4v) is 5.36. The third-order valence-corrected chi connectivity index (χ3v) is 7.21. The molecule has 2 aromatic carbocycles. The molecular weight excluding hydrogens is 456 g/mol. The Labute approximate surface area is 200 Å². The molecule has 1 aliphatic rings. The van der Waals surface area contributed by atoms with Gasteiger partial charge in [-0.05, 0) is 61.7 Å². The zero-order chi connectivity index (χ0) is 22.9. The predicted octanol–water partition coefficient (Wildman–Crippen LogP) is 5.21. The van der Waals surface area contributed by atoms with Gasteiger partial charge >= 0.3 is 0 Å². The van der Waals surface area contributed by atoms with Crippen LogP contribution in [0.5, 0.6) is 0 Å². The van der Waals surface area contributed by atoms with Crippen LogP contribution in [0.25, 0.3) is 15.9 Å². The Kier molecular flexibility index (Phi) is 5.91. The van der Waals surface area contributed by atoms with Gasteiger partial charge in [-0.1, -0.05) is 29.8 Å². The molecule has 5 rings (SSSR count). The highest BCUT2D eigenvalue weighted by molar-refractivity contribution is 7.20. The summed E-state index contributed by atoms with van der Waals surface area (Å²) in [5, 5.41) is 9.18. The number of nitrogens with zero attached hydrogens (tertiary/aromatic N) is 3. The summed E-state index contributed by atoms with van der Waals surface area (Å²) in [7, 11) is 0. The van der Waals surface area contributed by atoms with Gasteiger partial charge in [-0.25, -0.2) is 4.68 Å². The third kappa shape index (κ3) is 4.38. The van der Waals surface area contributed by atoms with Crippen LogP contribution in [0.2, 0.25) is 5.02 Å². The lowest BCUT2D eigenvalue weighted by atomic mass is 10.1. The highest BCUT2D eigenvalue weighted by Gasteiger charge is 2.20. The smallest absolute Gasteiger partial charge is 0.261 e. The van der Waals surface area contributed by atoms with Crippen molar-refractivity contribution in [3.05, 3.63) is 81.3 Å². The summed E-state index contributed by atoms with van der Waals surface area (Å²) >= 11 is 7.55. The first kappa shape index (κ1) is 21.7. The number of fused-ring (bicyclic) bond motifs is 1. The van der Waals surface area contributed by atoms with E-state index in [1.54, 1.807) is 0 Å². The molecule has 168 valence electrons. The Morgan fingerprint density at radius 1 is 1.09 bits per heavy atom. The van der Waals surface area contributed by atoms with E-state index in [2.05, 4.69) is 10.4 Å². The van der Waals surface area contributed by atoms with Crippen molar-refractivity contribution >= 4 is 45.0 Å². The van der Waals surface area contributed by atoms with E-state index < -0.39 is 0 Å². The van der Waals surface area contributed by atoms with Crippen LogP contribution in [-0.2, 0) is 6.54 Å². The van der Waals surface area contributed by atoms with Crippen molar-refractivity contribution in [3.8, 4) is 5.69 Å². The molecule has 1 N–H and O–H groups in total. The van der Waals surface area contributed by atoms with Crippen molar-refractivity contribution in [2.24, 2.45) is 0 Å². The number of nitrogens with one attached hydrogen (secondary N) is 1. The van der Waals surface area contributed by atoms with Crippen LogP contribution in [0.4, 0.5) is 0 Å². The molecule has 0 spiro atoms. The zero-order valence-electron chi connectivity index (χ0n) is 18.2. The molecule has 6 nitrogen and oxygen atoms in total. The largest absolute Gasteiger partial charge is 0.347 e. The van der Waals surface area contributed by atoms with Gasteiger partial charge in [0.15, 0.2) is 0 Å². The van der Waals surface area contributed by atoms with E-state index in [4.69, 9.17) is 11.6 Å². The lowest BCUT2D eigenvalue weighted by Crippen LogP contribution is -2.27. The summed E-state index contributed by atoms with van der Waals surface area (Å²) in [4.78, 5) is 28.8. The van der Waals surface area contributed by atoms with E-state index in [-0.39, 0.29) is 11.8 Å². The van der Waals surface area contributed by atoms with E-state index in [0.29, 0.717) is 22.0 Å². The van der Waals surface area contributed by atoms with Crippen molar-refractivity contribution in [2.45, 2.75) is 26.3 Å². The van der Waals surface area contributed by atoms with Crippen LogP contribution in [0.15, 0.2) is 54.6 Å². The SMILES string of the molecule is Cc1nn(-c2cccc(Cl)c2)c2sc(C(=O)NCc3ccc(C(=O)N4CCCC4)cc3)cc12. The monoisotopic (exact) mass is 478 g/mol. The van der Waals surface area contributed by atoms with E-state index >= 15 is 0 Å². The van der Waals surface area contributed by atoms with Gasteiger partial charge in [0, 0.05) is 35.6 Å². The minimum Gasteiger partial charge on any atom is -0.347 e. The summed E-state index contributed by atoms with van der Waals surface area (Å²) in [6.07, 6.45) is 2.15. The van der Waals surface area contributed by atoms with Crippen LogP contribution >= 0.6 is 22.9 Å². The number of likely N-dealkylation sites (tertiary alicyclic amines) is 1. The van der Waals surface area contributed by atoms with Crippen molar-refractivity contribution in [1.82, 2.24) is 20.0 Å². The molecule has 2 amide bonds. The molecule has 0 unspecified atom stereocenters. The van der Waals surface area contributed by atoms with Crippen molar-refractivity contribution in [2.75, 3.05) is 13.1 Å². The minimum atomic E-state index is -0.134. The van der Waals surface area contributed by atoms with E-state index in [0.717, 1.165) is 53.1 Å². The molecule has 1 saturated heterocycles. The second-order valence-corrected chi connectivity index (χ2v) is 9.65. The van der Waals surface area contributed by atoms with Crippen LogP contribution < -0.4 is 5.32 Å². The Balaban J connectivity index is 1.28. The van der Waals surface area contributed by atoms with Crippen molar-refractivity contribution in [3.63, 3.8) is 0 Å². The summed E-state index contributed by atoms with van der Waals surface area (Å²) in [5.74, 6) is -0.0528. The number of amides is 2. The first-order valence-electron chi connectivity index (χ1n) is 10.9. The van der Waals surface area contributed by atoms with Crippen LogP contribution in [-0.4, -0.2) is 39.6 Å². The lowest BCUT2D eigenvalue weighted by molar-refractivity contribution is 0.0792. The van der Waals surface area contributed by atoms with E-state index in [9.17, 15) is 9.59 Å². The Bertz CT molecular complexity index is 1340. The molecule has 8 heteroatoms. The molecule has 33 heavy (non-hydrogen) atoms. The van der Waals surface area contributed by atoms with Gasteiger partial charge < -0.3 is 10.2 Å². The number of halogens is 1. The number of carbonyl (C=O) groups is 2. The highest BCUT2D eigenvalue weighted by Crippen LogP contribution is 2.31. The molecule has 0 atom stereocenters. The number of aromatic nitrogens is 2. The first-order chi connectivity index (χ1) is 16.0. The van der Waals surface area contributed by atoms with Gasteiger partial charge in [0.05, 0.1) is 16.3 Å². The standard InChI is InChI=1S/C25H23ClN4O2S/c1-16-21-14-22(33-25(21)30(28-16)20-6-4-5-19(26)13-20)23(31)27-15-17-7-9-18(10-8-17)24(32)29-11-2-3-12-29/h4-10,13-14H,2-3,11-12,15H2,1H3,(H,27,31). The number of benzene rings is 2. The number of carbonyl (C=O) groups excluding carboxylic acids is 2. The molecule has 0 radical (unpaired) electrons. The zero-order valence-corrected chi connectivity index (χ0v) is 19.7. The molecule has 0 saturated carbocycles. The highest BCUT2D eigenvalue weighted by atomic mass is 35.5. The van der Waals surface area contributed by atoms with E-state index in [1.165, 1.54) is 11.3 Å². The summed E-state index contributed by atoms with van der Waals surface area (Å²) in [6.45, 7) is 3.99. The van der Waals surface area contributed by atoms with Crippen LogP contribution in [0, 0.1) is 6.92 Å². The van der Waals surface area contributed by atoms with Gasteiger partial charge in [-0.2, -0.15) is 5.10 Å². The maximum Gasteiger partial charge on any atom is 0.261 e. The van der Waals surface area contributed by atoms with Crippen LogP contribution in [0.1, 0.15) is 44.1 Å². The second kappa shape index (κ2) is 9.00. The Morgan fingerprint density at radius 3 is 2.58 bits per heavy atom. The predicted molar refractivity (Wildman–Crippen MR) is 131 cm³/mol. The molecule has 0 bridgehead atoms. The molecule has 1 fully saturated rings. The average Bonchev–Trinajstić information content (AvgIpc) is 3.56. The second-order valence-electron chi connectivity index (χ2n) is 8.19. The number of rotatable bonds is 5. The van der Waals surface area contributed by atoms with Crippen molar-refractivity contribution < 1.29 is 9.59 Å². The summed E-state index contributed by atoms with van der Waals surface area (Å²) in [5.41, 5.74) is 3.36. The van der Waals surface area contributed by atoms with Gasteiger partial charge in [-0.3, -0.25) is 9.59 Å². The Hall–Kier alpha value is -3.16. The third-order valence-electron chi connectivity index (χ3n) is 5.87. The summed E-state index contributed by atoms with van der Waals surface area (Å²) in [6, 6.07) is 16.9. The first-order valence-corrected chi connectivity index (χ1v) is 12.1. The number of aryl methyl sites for hydroxylation is 1. The average molecular weight is 479 g/mol. The molecule has 1 aliphatic heterocycles. The quantitative estimate of drug-likeness (QED) is 0.428. The fraction of sp³-hybridized carbons (Fsp3) is 0.240. The minimum absolute atomic E-state index is 0.0810. The van der Waals surface area contributed by atoms with Gasteiger partial charge in [-0.15, -0.1) is 11.3 Å². The maximum atomic E-state index is 12.8. The van der Waals surface area contributed by atoms with Gasteiger partial charge in [0.25, 0.3) is 11.8 Å². The molecule has 0 aliphatic carbocycles. The summed E-state index contributed by atoms with van der Waals surface area (Å²) < 4.78 is 1.83. The van der Waals surface area contributed by atoms with E-state index in [1.807, 2.05) is 71.1 Å². The number of hydrogen-bond acceptors (Lipinski definition) is 4. The molecular formula is C25H23ClN4O2S. The molecule has 2 aromatic heterocycles. The van der Waals surface area contributed by atoms with Crippen molar-refractivity contribution in [1.29, 1.82) is 0 Å². The molecule has 4 aromatic rings. The Morgan fingerprint density at radius 2 is 1.85 bits per heavy atom. The number of hydrogen-bond donors (Lipinski definition) is 1.